The van der Waals surface area contributed by atoms with Crippen LogP contribution in [0.25, 0.3) is 0 Å². The number of carbonyl (C=O) groups is 1. The minimum Gasteiger partial charge on any atom is -0.385 e. The molecule has 3 nitrogen and oxygen atoms in total. The molecule has 16 heavy (non-hydrogen) atoms. The molecule has 1 unspecified atom stereocenters. The smallest absolute Gasteiger partial charge is 0.222 e. The molecule has 3 heteroatoms. The zero-order valence-corrected chi connectivity index (χ0v) is 9.75. The van der Waals surface area contributed by atoms with Crippen LogP contribution in [-0.4, -0.2) is 30.4 Å². The van der Waals surface area contributed by atoms with E-state index in [1.807, 2.05) is 11.9 Å². The number of allylic oxidation sites excluding steroid dienone is 1. The van der Waals surface area contributed by atoms with Crippen molar-refractivity contribution in [2.75, 3.05) is 13.6 Å². The Labute approximate surface area is 96.2 Å². The third-order valence-electron chi connectivity index (χ3n) is 4.05. The maximum Gasteiger partial charge on any atom is 0.222 e. The van der Waals surface area contributed by atoms with Crippen LogP contribution in [0.4, 0.5) is 0 Å². The average Bonchev–Trinajstić information content (AvgIpc) is 2.34. The zero-order chi connectivity index (χ0) is 11.1. The van der Waals surface area contributed by atoms with Crippen molar-refractivity contribution in [3.8, 4) is 0 Å². The molecule has 3 heterocycles. The third kappa shape index (κ3) is 1.46. The summed E-state index contributed by atoms with van der Waals surface area (Å²) in [7, 11) is 1.95. The molecule has 0 aromatic carbocycles. The van der Waals surface area contributed by atoms with Gasteiger partial charge in [0.2, 0.25) is 5.91 Å². The molecule has 3 aliphatic heterocycles. The van der Waals surface area contributed by atoms with Crippen LogP contribution in [0, 0.1) is 0 Å². The summed E-state index contributed by atoms with van der Waals surface area (Å²) < 4.78 is 0. The molecule has 1 amide bonds. The van der Waals surface area contributed by atoms with Gasteiger partial charge in [-0.2, -0.15) is 0 Å². The highest BCUT2D eigenvalue weighted by Crippen LogP contribution is 2.33. The molecule has 2 saturated heterocycles. The Kier molecular flexibility index (Phi) is 2.27. The molecule has 0 spiro atoms. The van der Waals surface area contributed by atoms with Gasteiger partial charge in [-0.15, -0.1) is 0 Å². The van der Waals surface area contributed by atoms with Crippen molar-refractivity contribution in [2.24, 2.45) is 0 Å². The monoisotopic (exact) mass is 218 g/mol. The van der Waals surface area contributed by atoms with E-state index in [4.69, 9.17) is 0 Å². The second kappa shape index (κ2) is 3.65. The van der Waals surface area contributed by atoms with E-state index in [1.165, 1.54) is 23.3 Å². The van der Waals surface area contributed by atoms with Crippen molar-refractivity contribution < 1.29 is 4.79 Å². The van der Waals surface area contributed by atoms with Gasteiger partial charge in [-0.25, -0.2) is 0 Å². The lowest BCUT2D eigenvalue weighted by molar-refractivity contribution is -0.133. The van der Waals surface area contributed by atoms with Crippen LogP contribution in [0.2, 0.25) is 0 Å². The zero-order valence-electron chi connectivity index (χ0n) is 9.75. The summed E-state index contributed by atoms with van der Waals surface area (Å²) in [4.78, 5) is 13.7. The van der Waals surface area contributed by atoms with Crippen molar-refractivity contribution in [1.29, 1.82) is 0 Å². The minimum atomic E-state index is 0.303. The Morgan fingerprint density at radius 2 is 2.25 bits per heavy atom. The first-order valence-corrected chi connectivity index (χ1v) is 6.18. The van der Waals surface area contributed by atoms with Crippen LogP contribution in [0.1, 0.15) is 32.1 Å². The van der Waals surface area contributed by atoms with E-state index >= 15 is 0 Å². The highest BCUT2D eigenvalue weighted by Gasteiger charge is 2.31. The number of likely N-dealkylation sites (tertiary alicyclic amines) is 1. The van der Waals surface area contributed by atoms with Gasteiger partial charge >= 0.3 is 0 Å². The summed E-state index contributed by atoms with van der Waals surface area (Å²) in [6, 6.07) is 0.341. The van der Waals surface area contributed by atoms with Gasteiger partial charge in [0.1, 0.15) is 0 Å². The Bertz CT molecular complexity index is 383. The molecule has 0 aromatic rings. The van der Waals surface area contributed by atoms with E-state index in [9.17, 15) is 4.79 Å². The van der Waals surface area contributed by atoms with Crippen molar-refractivity contribution in [3.63, 3.8) is 0 Å². The highest BCUT2D eigenvalue weighted by atomic mass is 16.2. The summed E-state index contributed by atoms with van der Waals surface area (Å²) in [5.41, 5.74) is 4.30. The molecule has 86 valence electrons. The summed E-state index contributed by atoms with van der Waals surface area (Å²) in [5, 5.41) is 3.41. The number of hydrogen-bond donors (Lipinski definition) is 1. The highest BCUT2D eigenvalue weighted by molar-refractivity contribution is 5.77. The van der Waals surface area contributed by atoms with Gasteiger partial charge in [-0.05, 0) is 42.9 Å². The van der Waals surface area contributed by atoms with Crippen molar-refractivity contribution in [1.82, 2.24) is 10.2 Å². The number of amides is 1. The van der Waals surface area contributed by atoms with Gasteiger partial charge in [0.05, 0.1) is 6.04 Å². The number of likely N-dealkylation sites (N-methyl/N-ethyl adjacent to an activating group) is 1. The lowest BCUT2D eigenvalue weighted by atomic mass is 9.84. The molecule has 1 aliphatic carbocycles. The van der Waals surface area contributed by atoms with Crippen LogP contribution in [0.5, 0.6) is 0 Å². The van der Waals surface area contributed by atoms with Crippen LogP contribution in [-0.2, 0) is 4.79 Å². The fourth-order valence-corrected chi connectivity index (χ4v) is 3.03. The normalized spacial score (nSPS) is 29.3. The Morgan fingerprint density at radius 3 is 2.88 bits per heavy atom. The van der Waals surface area contributed by atoms with Crippen LogP contribution in [0.3, 0.4) is 0 Å². The summed E-state index contributed by atoms with van der Waals surface area (Å²) in [6.45, 7) is 1.000. The van der Waals surface area contributed by atoms with E-state index < -0.39 is 0 Å². The van der Waals surface area contributed by atoms with Gasteiger partial charge in [0.15, 0.2) is 0 Å². The van der Waals surface area contributed by atoms with Crippen molar-refractivity contribution in [2.45, 2.75) is 38.1 Å². The minimum absolute atomic E-state index is 0.303. The molecule has 1 N–H and O–H groups in total. The summed E-state index contributed by atoms with van der Waals surface area (Å²) in [6.07, 6.45) is 7.52. The number of carbonyl (C=O) groups excluding carboxylic acids is 1. The number of piperidine rings is 2. The number of dihydropyridines is 1. The first-order chi connectivity index (χ1) is 7.75. The lowest BCUT2D eigenvalue weighted by Crippen LogP contribution is -2.43. The van der Waals surface area contributed by atoms with Gasteiger partial charge in [-0.3, -0.25) is 4.79 Å². The first kappa shape index (κ1) is 9.94. The fourth-order valence-electron chi connectivity index (χ4n) is 3.03. The molecular formula is C13H18N2O. The van der Waals surface area contributed by atoms with Crippen molar-refractivity contribution >= 4 is 5.91 Å². The van der Waals surface area contributed by atoms with Crippen LogP contribution in [0.15, 0.2) is 22.9 Å². The molecule has 0 aromatic heterocycles. The van der Waals surface area contributed by atoms with Gasteiger partial charge in [-0.1, -0.05) is 0 Å². The van der Waals surface area contributed by atoms with E-state index in [2.05, 4.69) is 11.4 Å². The summed E-state index contributed by atoms with van der Waals surface area (Å²) >= 11 is 0. The molecule has 2 fully saturated rings. The number of nitrogens with one attached hydrogen (secondary N) is 1. The third-order valence-corrected chi connectivity index (χ3v) is 4.05. The maximum absolute atomic E-state index is 11.7. The SMILES string of the molecule is CN1C(=O)CCCC1C1=C2CCC(=C1)NC2. The largest absolute Gasteiger partial charge is 0.385 e. The van der Waals surface area contributed by atoms with E-state index in [0.29, 0.717) is 11.9 Å². The Balaban J connectivity index is 1.90. The van der Waals surface area contributed by atoms with E-state index in [0.717, 1.165) is 32.2 Å². The molecular weight excluding hydrogens is 200 g/mol. The predicted molar refractivity (Wildman–Crippen MR) is 62.8 cm³/mol. The predicted octanol–water partition coefficient (Wildman–Crippen LogP) is 1.57. The average molecular weight is 218 g/mol. The Morgan fingerprint density at radius 1 is 1.38 bits per heavy atom. The van der Waals surface area contributed by atoms with Crippen molar-refractivity contribution in [3.05, 3.63) is 22.9 Å². The van der Waals surface area contributed by atoms with Crippen LogP contribution >= 0.6 is 0 Å². The molecule has 0 saturated carbocycles. The Hall–Kier alpha value is -1.25. The first-order valence-electron chi connectivity index (χ1n) is 6.18. The van der Waals surface area contributed by atoms with E-state index in [1.54, 1.807) is 0 Å². The molecule has 2 bridgehead atoms. The van der Waals surface area contributed by atoms with Crippen LogP contribution < -0.4 is 5.32 Å². The van der Waals surface area contributed by atoms with E-state index in [-0.39, 0.29) is 0 Å². The molecule has 4 rings (SSSR count). The molecule has 1 atom stereocenters. The lowest BCUT2D eigenvalue weighted by Gasteiger charge is -2.38. The molecule has 4 aliphatic rings. The number of fused-ring (bicyclic) bond motifs is 3. The quantitative estimate of drug-likeness (QED) is 0.724. The molecule has 0 radical (unpaired) electrons. The second-order valence-corrected chi connectivity index (χ2v) is 4.99. The fraction of sp³-hybridized carbons (Fsp3) is 0.615. The number of rotatable bonds is 1. The summed E-state index contributed by atoms with van der Waals surface area (Å²) in [5.74, 6) is 0.303. The standard InChI is InChI=1S/C13H18N2O/c1-15-12(3-2-4-13(15)16)11-7-10-6-5-9(11)8-14-10/h7,12,14H,2-6,8H2,1H3. The number of hydrogen-bond acceptors (Lipinski definition) is 2. The van der Waals surface area contributed by atoms with Gasteiger partial charge < -0.3 is 10.2 Å². The second-order valence-electron chi connectivity index (χ2n) is 4.99. The van der Waals surface area contributed by atoms with Gasteiger partial charge in [0.25, 0.3) is 0 Å². The topological polar surface area (TPSA) is 32.3 Å². The number of nitrogens with zero attached hydrogens (tertiary/aromatic N) is 1. The van der Waals surface area contributed by atoms with Gasteiger partial charge in [0, 0.05) is 25.7 Å². The maximum atomic E-state index is 11.7.